The van der Waals surface area contributed by atoms with E-state index in [1.165, 1.54) is 36.0 Å². The Kier molecular flexibility index (Phi) is 3.62. The Hall–Kier alpha value is -0.540. The van der Waals surface area contributed by atoms with Crippen LogP contribution in [0.2, 0.25) is 0 Å². The Morgan fingerprint density at radius 1 is 1.17 bits per heavy atom. The first kappa shape index (κ1) is 12.5. The lowest BCUT2D eigenvalue weighted by molar-refractivity contribution is 0.421. The van der Waals surface area contributed by atoms with Gasteiger partial charge in [0, 0.05) is 0 Å². The van der Waals surface area contributed by atoms with Gasteiger partial charge in [0.25, 0.3) is 0 Å². The summed E-state index contributed by atoms with van der Waals surface area (Å²) in [4.78, 5) is 0. The zero-order chi connectivity index (χ0) is 12.5. The molecule has 3 heteroatoms. The fraction of sp³-hybridized carbons (Fsp3) is 0.600. The van der Waals surface area contributed by atoms with E-state index in [-0.39, 0.29) is 0 Å². The van der Waals surface area contributed by atoms with Gasteiger partial charge in [0.15, 0.2) is 0 Å². The average Bonchev–Trinajstić information content (AvgIpc) is 2.44. The predicted octanol–water partition coefficient (Wildman–Crippen LogP) is 3.50. The third-order valence-corrected chi connectivity index (χ3v) is 5.22. The molecular weight excluding hydrogens is 290 g/mol. The highest BCUT2D eigenvalue weighted by Crippen LogP contribution is 2.42. The largest absolute Gasteiger partial charge is 0.506 e. The van der Waals surface area contributed by atoms with Gasteiger partial charge in [0.1, 0.15) is 5.75 Å². The second kappa shape index (κ2) is 5.22. The van der Waals surface area contributed by atoms with E-state index in [2.05, 4.69) is 27.3 Å². The van der Waals surface area contributed by atoms with Crippen molar-refractivity contribution in [3.63, 3.8) is 0 Å². The number of halogens is 1. The monoisotopic (exact) mass is 309 g/mol. The van der Waals surface area contributed by atoms with Crippen molar-refractivity contribution >= 4 is 15.9 Å². The van der Waals surface area contributed by atoms with Gasteiger partial charge in [-0.2, -0.15) is 0 Å². The topological polar surface area (TPSA) is 32.3 Å². The van der Waals surface area contributed by atoms with Crippen molar-refractivity contribution in [2.75, 3.05) is 13.1 Å². The van der Waals surface area contributed by atoms with E-state index in [1.807, 2.05) is 0 Å². The molecule has 0 atom stereocenters. The average molecular weight is 310 g/mol. The molecule has 0 saturated carbocycles. The van der Waals surface area contributed by atoms with Gasteiger partial charge in [-0.3, -0.25) is 0 Å². The molecule has 1 aliphatic carbocycles. The Labute approximate surface area is 117 Å². The number of aromatic hydroxyl groups is 1. The molecule has 0 radical (unpaired) electrons. The lowest BCUT2D eigenvalue weighted by Crippen LogP contribution is -2.26. The third kappa shape index (κ3) is 2.19. The Morgan fingerprint density at radius 3 is 2.67 bits per heavy atom. The number of benzene rings is 1. The standard InChI is InChI=1S/C15H20BrNO/c16-14-12-4-2-1-3-11(12)9-13(15(14)18)10-5-7-17-8-6-10/h9-10,17-18H,1-8H2. The van der Waals surface area contributed by atoms with Gasteiger partial charge in [-0.05, 0) is 90.2 Å². The number of aryl methyl sites for hydroxylation is 1. The number of piperidine rings is 1. The zero-order valence-electron chi connectivity index (χ0n) is 10.6. The molecule has 1 aromatic rings. The van der Waals surface area contributed by atoms with Gasteiger partial charge < -0.3 is 10.4 Å². The second-order valence-corrected chi connectivity index (χ2v) is 6.29. The molecule has 0 bridgehead atoms. The first-order valence-electron chi connectivity index (χ1n) is 7.01. The van der Waals surface area contributed by atoms with E-state index < -0.39 is 0 Å². The van der Waals surface area contributed by atoms with Gasteiger partial charge in [0.2, 0.25) is 0 Å². The molecule has 1 heterocycles. The summed E-state index contributed by atoms with van der Waals surface area (Å²) >= 11 is 3.62. The molecule has 2 nitrogen and oxygen atoms in total. The highest BCUT2D eigenvalue weighted by atomic mass is 79.9. The van der Waals surface area contributed by atoms with Gasteiger partial charge in [0.05, 0.1) is 4.47 Å². The zero-order valence-corrected chi connectivity index (χ0v) is 12.2. The van der Waals surface area contributed by atoms with Crippen LogP contribution in [0.25, 0.3) is 0 Å². The molecule has 1 fully saturated rings. The van der Waals surface area contributed by atoms with Crippen LogP contribution < -0.4 is 5.32 Å². The highest BCUT2D eigenvalue weighted by molar-refractivity contribution is 9.10. The first-order valence-corrected chi connectivity index (χ1v) is 7.80. The Balaban J connectivity index is 2.01. The van der Waals surface area contributed by atoms with Crippen molar-refractivity contribution in [2.24, 2.45) is 0 Å². The maximum Gasteiger partial charge on any atom is 0.133 e. The molecule has 0 amide bonds. The molecule has 1 aromatic carbocycles. The van der Waals surface area contributed by atoms with Gasteiger partial charge in [-0.25, -0.2) is 0 Å². The summed E-state index contributed by atoms with van der Waals surface area (Å²) < 4.78 is 0.966. The van der Waals surface area contributed by atoms with Crippen molar-refractivity contribution in [3.05, 3.63) is 27.2 Å². The quantitative estimate of drug-likeness (QED) is 0.832. The normalized spacial score (nSPS) is 20.7. The number of hydrogen-bond donors (Lipinski definition) is 2. The lowest BCUT2D eigenvalue weighted by atomic mass is 9.84. The second-order valence-electron chi connectivity index (χ2n) is 5.50. The molecule has 18 heavy (non-hydrogen) atoms. The fourth-order valence-corrected chi connectivity index (χ4v) is 3.99. The minimum atomic E-state index is 0.502. The molecule has 0 aromatic heterocycles. The van der Waals surface area contributed by atoms with Gasteiger partial charge in [-0.1, -0.05) is 6.07 Å². The number of hydrogen-bond acceptors (Lipinski definition) is 2. The minimum absolute atomic E-state index is 0.502. The molecular formula is C15H20BrNO. The van der Waals surface area contributed by atoms with E-state index in [0.717, 1.165) is 36.8 Å². The van der Waals surface area contributed by atoms with E-state index in [9.17, 15) is 5.11 Å². The Morgan fingerprint density at radius 2 is 1.89 bits per heavy atom. The predicted molar refractivity (Wildman–Crippen MR) is 77.3 cm³/mol. The third-order valence-electron chi connectivity index (χ3n) is 4.37. The van der Waals surface area contributed by atoms with Crippen molar-refractivity contribution in [1.29, 1.82) is 0 Å². The lowest BCUT2D eigenvalue weighted by Gasteiger charge is -2.27. The van der Waals surface area contributed by atoms with Crippen LogP contribution in [0.5, 0.6) is 5.75 Å². The number of rotatable bonds is 1. The van der Waals surface area contributed by atoms with Gasteiger partial charge in [-0.15, -0.1) is 0 Å². The van der Waals surface area contributed by atoms with Crippen LogP contribution in [0.3, 0.4) is 0 Å². The molecule has 1 aliphatic heterocycles. The van der Waals surface area contributed by atoms with Crippen LogP contribution in [-0.2, 0) is 12.8 Å². The summed E-state index contributed by atoms with van der Waals surface area (Å²) in [6.45, 7) is 2.14. The van der Waals surface area contributed by atoms with E-state index >= 15 is 0 Å². The van der Waals surface area contributed by atoms with Crippen molar-refractivity contribution in [1.82, 2.24) is 5.32 Å². The van der Waals surface area contributed by atoms with Crippen molar-refractivity contribution in [3.8, 4) is 5.75 Å². The molecule has 2 aliphatic rings. The van der Waals surface area contributed by atoms with Crippen LogP contribution in [0.4, 0.5) is 0 Å². The maximum atomic E-state index is 10.4. The van der Waals surface area contributed by atoms with Crippen LogP contribution in [-0.4, -0.2) is 18.2 Å². The summed E-state index contributed by atoms with van der Waals surface area (Å²) in [5.41, 5.74) is 3.97. The van der Waals surface area contributed by atoms with Crippen LogP contribution >= 0.6 is 15.9 Å². The van der Waals surface area contributed by atoms with Gasteiger partial charge >= 0.3 is 0 Å². The SMILES string of the molecule is Oc1c(C2CCNCC2)cc2c(c1Br)CCCC2. The summed E-state index contributed by atoms with van der Waals surface area (Å²) in [7, 11) is 0. The van der Waals surface area contributed by atoms with Crippen LogP contribution in [0, 0.1) is 0 Å². The molecule has 2 N–H and O–H groups in total. The maximum absolute atomic E-state index is 10.4. The van der Waals surface area contributed by atoms with E-state index in [1.54, 1.807) is 0 Å². The minimum Gasteiger partial charge on any atom is -0.506 e. The van der Waals surface area contributed by atoms with Crippen molar-refractivity contribution in [2.45, 2.75) is 44.4 Å². The summed E-state index contributed by atoms with van der Waals surface area (Å²) in [6.07, 6.45) is 7.09. The summed E-state index contributed by atoms with van der Waals surface area (Å²) in [5.74, 6) is 1.03. The molecule has 3 rings (SSSR count). The van der Waals surface area contributed by atoms with Crippen LogP contribution in [0.15, 0.2) is 10.5 Å². The number of phenolic OH excluding ortho intramolecular Hbond substituents is 1. The molecule has 0 unspecified atom stereocenters. The molecule has 98 valence electrons. The first-order chi connectivity index (χ1) is 8.77. The number of phenols is 1. The number of nitrogens with one attached hydrogen (secondary N) is 1. The van der Waals surface area contributed by atoms with Crippen molar-refractivity contribution < 1.29 is 5.11 Å². The highest BCUT2D eigenvalue weighted by Gasteiger charge is 2.24. The summed E-state index contributed by atoms with van der Waals surface area (Å²) in [6, 6.07) is 2.28. The fourth-order valence-electron chi connectivity index (χ4n) is 3.31. The van der Waals surface area contributed by atoms with E-state index in [4.69, 9.17) is 0 Å². The molecule has 1 saturated heterocycles. The molecule has 0 spiro atoms. The van der Waals surface area contributed by atoms with Crippen LogP contribution in [0.1, 0.15) is 48.3 Å². The number of fused-ring (bicyclic) bond motifs is 1. The van der Waals surface area contributed by atoms with E-state index in [0.29, 0.717) is 11.7 Å². The Bertz CT molecular complexity index is 452. The smallest absolute Gasteiger partial charge is 0.133 e. The summed E-state index contributed by atoms with van der Waals surface area (Å²) in [5, 5.41) is 13.8.